The number of hydrogen-bond acceptors (Lipinski definition) is 3. The Morgan fingerprint density at radius 1 is 0.897 bits per heavy atom. The van der Waals surface area contributed by atoms with Crippen LogP contribution in [0.5, 0.6) is 5.75 Å². The molecular weight excluding hydrogens is 360 g/mol. The van der Waals surface area contributed by atoms with Crippen molar-refractivity contribution in [1.29, 1.82) is 0 Å². The first-order valence-corrected chi connectivity index (χ1v) is 10.0. The van der Waals surface area contributed by atoms with E-state index in [9.17, 15) is 4.79 Å². The molecule has 1 aliphatic rings. The number of para-hydroxylation sites is 1. The summed E-state index contributed by atoms with van der Waals surface area (Å²) in [7, 11) is 1.69. The highest BCUT2D eigenvalue weighted by Crippen LogP contribution is 2.35. The van der Waals surface area contributed by atoms with Crippen molar-refractivity contribution >= 4 is 5.91 Å². The molecule has 1 fully saturated rings. The van der Waals surface area contributed by atoms with E-state index in [4.69, 9.17) is 4.74 Å². The fraction of sp³-hybridized carbons (Fsp3) is 0.240. The largest absolute Gasteiger partial charge is 0.496 e. The van der Waals surface area contributed by atoms with Gasteiger partial charge in [-0.3, -0.25) is 4.79 Å². The molecule has 2 N–H and O–H groups in total. The van der Waals surface area contributed by atoms with E-state index in [1.165, 1.54) is 5.56 Å². The highest BCUT2D eigenvalue weighted by molar-refractivity contribution is 5.79. The van der Waals surface area contributed by atoms with Crippen LogP contribution in [0.15, 0.2) is 84.9 Å². The van der Waals surface area contributed by atoms with Crippen LogP contribution in [0.25, 0.3) is 0 Å². The van der Waals surface area contributed by atoms with Gasteiger partial charge in [0.05, 0.1) is 13.2 Å². The molecule has 3 atom stereocenters. The fourth-order valence-corrected chi connectivity index (χ4v) is 4.19. The van der Waals surface area contributed by atoms with Crippen LogP contribution >= 0.6 is 0 Å². The molecule has 4 heteroatoms. The molecule has 4 rings (SSSR count). The predicted octanol–water partition coefficient (Wildman–Crippen LogP) is 4.20. The summed E-state index contributed by atoms with van der Waals surface area (Å²) in [6.45, 7) is 0.664. The average Bonchev–Trinajstić information content (AvgIpc) is 2.79. The summed E-state index contributed by atoms with van der Waals surface area (Å²) in [5.41, 5.74) is 3.39. The summed E-state index contributed by atoms with van der Waals surface area (Å²) in [4.78, 5) is 12.6. The van der Waals surface area contributed by atoms with Gasteiger partial charge in [-0.15, -0.1) is 0 Å². The molecule has 1 aliphatic heterocycles. The lowest BCUT2D eigenvalue weighted by atomic mass is 9.79. The zero-order valence-electron chi connectivity index (χ0n) is 16.5. The van der Waals surface area contributed by atoms with Crippen molar-refractivity contribution < 1.29 is 9.53 Å². The van der Waals surface area contributed by atoms with E-state index in [1.54, 1.807) is 7.11 Å². The first kappa shape index (κ1) is 19.2. The van der Waals surface area contributed by atoms with E-state index >= 15 is 0 Å². The van der Waals surface area contributed by atoms with Crippen molar-refractivity contribution in [1.82, 2.24) is 10.6 Å². The molecule has 1 amide bonds. The Morgan fingerprint density at radius 3 is 2.21 bits per heavy atom. The van der Waals surface area contributed by atoms with Crippen LogP contribution in [0.4, 0.5) is 0 Å². The Kier molecular flexibility index (Phi) is 5.92. The summed E-state index contributed by atoms with van der Waals surface area (Å²) < 4.78 is 5.52. The van der Waals surface area contributed by atoms with E-state index in [-0.39, 0.29) is 23.9 Å². The van der Waals surface area contributed by atoms with Crippen molar-refractivity contribution in [3.63, 3.8) is 0 Å². The normalized spacial score (nSPS) is 21.4. The number of carbonyl (C=O) groups excluding carboxylic acids is 1. The maximum atomic E-state index is 12.6. The number of benzene rings is 3. The maximum Gasteiger partial charge on any atom is 0.221 e. The Labute approximate surface area is 171 Å². The third-order valence-corrected chi connectivity index (χ3v) is 5.62. The van der Waals surface area contributed by atoms with Crippen LogP contribution < -0.4 is 15.4 Å². The van der Waals surface area contributed by atoms with E-state index < -0.39 is 0 Å². The molecule has 3 aromatic carbocycles. The highest BCUT2D eigenvalue weighted by atomic mass is 16.5. The summed E-state index contributed by atoms with van der Waals surface area (Å²) in [5.74, 6) is 1.04. The molecule has 4 nitrogen and oxygen atoms in total. The minimum atomic E-state index is -0.0997. The molecule has 0 spiro atoms. The van der Waals surface area contributed by atoms with Gasteiger partial charge in [-0.1, -0.05) is 78.9 Å². The van der Waals surface area contributed by atoms with Gasteiger partial charge < -0.3 is 15.4 Å². The molecule has 0 saturated carbocycles. The summed E-state index contributed by atoms with van der Waals surface area (Å²) >= 11 is 0. The minimum Gasteiger partial charge on any atom is -0.496 e. The Bertz CT molecular complexity index is 892. The monoisotopic (exact) mass is 386 g/mol. The second-order valence-electron chi connectivity index (χ2n) is 7.40. The highest BCUT2D eigenvalue weighted by Gasteiger charge is 2.38. The fourth-order valence-electron chi connectivity index (χ4n) is 4.19. The Hall–Kier alpha value is -3.11. The van der Waals surface area contributed by atoms with Gasteiger partial charge in [-0.2, -0.15) is 0 Å². The number of carbonyl (C=O) groups is 1. The average molecular weight is 386 g/mol. The maximum absolute atomic E-state index is 12.6. The van der Waals surface area contributed by atoms with Gasteiger partial charge in [-0.05, 0) is 17.2 Å². The molecule has 0 aliphatic carbocycles. The van der Waals surface area contributed by atoms with Crippen LogP contribution in [-0.4, -0.2) is 19.1 Å². The second-order valence-corrected chi connectivity index (χ2v) is 7.40. The van der Waals surface area contributed by atoms with Crippen molar-refractivity contribution in [2.45, 2.75) is 31.0 Å². The molecule has 1 heterocycles. The van der Waals surface area contributed by atoms with E-state index in [0.717, 1.165) is 16.9 Å². The van der Waals surface area contributed by atoms with Gasteiger partial charge in [0.2, 0.25) is 5.91 Å². The number of nitrogens with one attached hydrogen (secondary N) is 2. The minimum absolute atomic E-state index is 0.0578. The molecule has 0 bridgehead atoms. The van der Waals surface area contributed by atoms with Crippen molar-refractivity contribution in [2.24, 2.45) is 0 Å². The van der Waals surface area contributed by atoms with Crippen LogP contribution in [0, 0.1) is 0 Å². The van der Waals surface area contributed by atoms with E-state index in [1.807, 2.05) is 54.6 Å². The Morgan fingerprint density at radius 2 is 1.52 bits per heavy atom. The molecule has 3 aromatic rings. The van der Waals surface area contributed by atoms with Gasteiger partial charge in [0.25, 0.3) is 0 Å². The van der Waals surface area contributed by atoms with Crippen LogP contribution in [0.2, 0.25) is 0 Å². The van der Waals surface area contributed by atoms with Gasteiger partial charge >= 0.3 is 0 Å². The first-order chi connectivity index (χ1) is 14.3. The zero-order valence-corrected chi connectivity index (χ0v) is 16.5. The zero-order chi connectivity index (χ0) is 20.1. The summed E-state index contributed by atoms with van der Waals surface area (Å²) in [5, 5.41) is 6.95. The van der Waals surface area contributed by atoms with Crippen molar-refractivity contribution in [3.05, 3.63) is 102 Å². The van der Waals surface area contributed by atoms with Crippen LogP contribution in [0.3, 0.4) is 0 Å². The molecule has 148 valence electrons. The summed E-state index contributed by atoms with van der Waals surface area (Å²) in [6.07, 6.45) is 0.469. The molecule has 1 saturated heterocycles. The first-order valence-electron chi connectivity index (χ1n) is 10.0. The van der Waals surface area contributed by atoms with Crippen molar-refractivity contribution in [2.75, 3.05) is 7.11 Å². The SMILES string of the molecule is COc1ccccc1CNC1C(c2ccccc2)CC(=O)NC1c1ccccc1. The third-order valence-electron chi connectivity index (χ3n) is 5.62. The van der Waals surface area contributed by atoms with Crippen LogP contribution in [-0.2, 0) is 11.3 Å². The van der Waals surface area contributed by atoms with Crippen molar-refractivity contribution in [3.8, 4) is 5.75 Å². The topological polar surface area (TPSA) is 50.4 Å². The molecule has 3 unspecified atom stereocenters. The lowest BCUT2D eigenvalue weighted by molar-refractivity contribution is -0.124. The lowest BCUT2D eigenvalue weighted by Gasteiger charge is -2.40. The number of methoxy groups -OCH3 is 1. The standard InChI is InChI=1S/C25H26N2O2/c1-29-22-15-9-8-14-20(22)17-26-25-21(18-10-4-2-5-11-18)16-23(28)27-24(25)19-12-6-3-7-13-19/h2-15,21,24-26H,16-17H2,1H3,(H,27,28). The number of amides is 1. The van der Waals surface area contributed by atoms with Gasteiger partial charge in [-0.25, -0.2) is 0 Å². The van der Waals surface area contributed by atoms with Gasteiger partial charge in [0.1, 0.15) is 5.75 Å². The number of ether oxygens (including phenoxy) is 1. The van der Waals surface area contributed by atoms with Crippen LogP contribution in [0.1, 0.15) is 35.1 Å². The van der Waals surface area contributed by atoms with E-state index in [0.29, 0.717) is 13.0 Å². The Balaban J connectivity index is 1.67. The molecule has 0 aromatic heterocycles. The number of piperidine rings is 1. The van der Waals surface area contributed by atoms with Gasteiger partial charge in [0, 0.05) is 30.5 Å². The molecular formula is C25H26N2O2. The third kappa shape index (κ3) is 4.33. The second kappa shape index (κ2) is 8.93. The predicted molar refractivity (Wildman–Crippen MR) is 115 cm³/mol. The number of rotatable bonds is 6. The summed E-state index contributed by atoms with van der Waals surface area (Å²) in [6, 6.07) is 28.5. The lowest BCUT2D eigenvalue weighted by Crippen LogP contribution is -2.52. The van der Waals surface area contributed by atoms with Gasteiger partial charge in [0.15, 0.2) is 0 Å². The molecule has 29 heavy (non-hydrogen) atoms. The number of hydrogen-bond donors (Lipinski definition) is 2. The molecule has 0 radical (unpaired) electrons. The smallest absolute Gasteiger partial charge is 0.221 e. The quantitative estimate of drug-likeness (QED) is 0.668. The van der Waals surface area contributed by atoms with E-state index in [2.05, 4.69) is 41.0 Å².